The van der Waals surface area contributed by atoms with Crippen LogP contribution < -0.4 is 15.5 Å². The first-order valence-electron chi connectivity index (χ1n) is 9.13. The standard InChI is InChI=1S/C21H26ClN3O2/c1-4-25(5-2)18-9-10-19(15(3)13-18)24-21(27)20(26)23-12-11-16-7-6-8-17(22)14-16/h6-10,13-14H,4-5,11-12H2,1-3H3,(H,23,26)(H,24,27). The van der Waals surface area contributed by atoms with E-state index >= 15 is 0 Å². The number of halogens is 1. The van der Waals surface area contributed by atoms with E-state index in [4.69, 9.17) is 11.6 Å². The van der Waals surface area contributed by atoms with Gasteiger partial charge in [-0.1, -0.05) is 23.7 Å². The number of carbonyl (C=O) groups is 2. The normalized spacial score (nSPS) is 10.4. The maximum Gasteiger partial charge on any atom is 0.313 e. The fourth-order valence-electron chi connectivity index (χ4n) is 2.85. The number of aryl methyl sites for hydroxylation is 1. The third-order valence-electron chi connectivity index (χ3n) is 4.38. The van der Waals surface area contributed by atoms with Crippen molar-refractivity contribution >= 4 is 34.8 Å². The van der Waals surface area contributed by atoms with Gasteiger partial charge in [0.2, 0.25) is 0 Å². The Kier molecular flexibility index (Phi) is 7.67. The van der Waals surface area contributed by atoms with E-state index in [0.717, 1.165) is 29.9 Å². The summed E-state index contributed by atoms with van der Waals surface area (Å²) in [6, 6.07) is 13.2. The van der Waals surface area contributed by atoms with Crippen molar-refractivity contribution in [3.05, 3.63) is 58.6 Å². The molecule has 0 spiro atoms. The number of hydrogen-bond acceptors (Lipinski definition) is 3. The average molecular weight is 388 g/mol. The van der Waals surface area contributed by atoms with Gasteiger partial charge in [-0.2, -0.15) is 0 Å². The monoisotopic (exact) mass is 387 g/mol. The Balaban J connectivity index is 1.89. The highest BCUT2D eigenvalue weighted by Gasteiger charge is 2.15. The molecule has 0 aliphatic heterocycles. The van der Waals surface area contributed by atoms with Crippen molar-refractivity contribution in [2.45, 2.75) is 27.2 Å². The first kappa shape index (κ1) is 20.8. The van der Waals surface area contributed by atoms with Crippen molar-refractivity contribution in [1.29, 1.82) is 0 Å². The average Bonchev–Trinajstić information content (AvgIpc) is 2.64. The lowest BCUT2D eigenvalue weighted by Gasteiger charge is -2.22. The van der Waals surface area contributed by atoms with E-state index in [1.807, 2.05) is 43.3 Å². The van der Waals surface area contributed by atoms with Gasteiger partial charge in [-0.3, -0.25) is 9.59 Å². The number of nitrogens with one attached hydrogen (secondary N) is 2. The second-order valence-electron chi connectivity index (χ2n) is 6.26. The first-order valence-corrected chi connectivity index (χ1v) is 9.51. The molecule has 0 fully saturated rings. The second-order valence-corrected chi connectivity index (χ2v) is 6.70. The quantitative estimate of drug-likeness (QED) is 0.710. The van der Waals surface area contributed by atoms with Crippen LogP contribution in [-0.2, 0) is 16.0 Å². The lowest BCUT2D eigenvalue weighted by atomic mass is 10.1. The molecular weight excluding hydrogens is 362 g/mol. The molecule has 2 rings (SSSR count). The van der Waals surface area contributed by atoms with Crippen LogP contribution in [0.3, 0.4) is 0 Å². The summed E-state index contributed by atoms with van der Waals surface area (Å²) in [5.74, 6) is -1.32. The highest BCUT2D eigenvalue weighted by atomic mass is 35.5. The minimum absolute atomic E-state index is 0.368. The molecule has 0 saturated heterocycles. The molecule has 0 bridgehead atoms. The van der Waals surface area contributed by atoms with Crippen molar-refractivity contribution in [2.24, 2.45) is 0 Å². The first-order chi connectivity index (χ1) is 12.9. The predicted molar refractivity (Wildman–Crippen MR) is 112 cm³/mol. The summed E-state index contributed by atoms with van der Waals surface area (Å²) in [6.07, 6.45) is 0.608. The highest BCUT2D eigenvalue weighted by Crippen LogP contribution is 2.22. The summed E-state index contributed by atoms with van der Waals surface area (Å²) in [4.78, 5) is 26.4. The lowest BCUT2D eigenvalue weighted by molar-refractivity contribution is -0.136. The van der Waals surface area contributed by atoms with Crippen molar-refractivity contribution < 1.29 is 9.59 Å². The summed E-state index contributed by atoms with van der Waals surface area (Å²) in [6.45, 7) is 8.31. The SMILES string of the molecule is CCN(CC)c1ccc(NC(=O)C(=O)NCCc2cccc(Cl)c2)c(C)c1. The summed E-state index contributed by atoms with van der Waals surface area (Å²) in [5, 5.41) is 5.97. The third kappa shape index (κ3) is 6.00. The number of amides is 2. The molecule has 5 nitrogen and oxygen atoms in total. The molecule has 2 aromatic carbocycles. The van der Waals surface area contributed by atoms with Gasteiger partial charge in [0.15, 0.2) is 0 Å². The third-order valence-corrected chi connectivity index (χ3v) is 4.62. The molecular formula is C21H26ClN3O2. The van der Waals surface area contributed by atoms with E-state index < -0.39 is 11.8 Å². The van der Waals surface area contributed by atoms with Gasteiger partial charge in [-0.15, -0.1) is 0 Å². The molecule has 2 aromatic rings. The Hall–Kier alpha value is -2.53. The fraction of sp³-hybridized carbons (Fsp3) is 0.333. The van der Waals surface area contributed by atoms with Gasteiger partial charge in [0.1, 0.15) is 0 Å². The number of benzene rings is 2. The number of rotatable bonds is 7. The molecule has 2 amide bonds. The summed E-state index contributed by atoms with van der Waals surface area (Å²) in [5.41, 5.74) is 3.66. The number of carbonyl (C=O) groups excluding carboxylic acids is 2. The van der Waals surface area contributed by atoms with E-state index in [1.165, 1.54) is 0 Å². The van der Waals surface area contributed by atoms with Crippen LogP contribution in [0.15, 0.2) is 42.5 Å². The van der Waals surface area contributed by atoms with Crippen LogP contribution in [0, 0.1) is 6.92 Å². The zero-order valence-corrected chi connectivity index (χ0v) is 16.8. The molecule has 6 heteroatoms. The van der Waals surface area contributed by atoms with E-state index in [1.54, 1.807) is 6.07 Å². The van der Waals surface area contributed by atoms with Crippen molar-refractivity contribution in [3.8, 4) is 0 Å². The molecule has 0 aromatic heterocycles. The Morgan fingerprint density at radius 2 is 1.78 bits per heavy atom. The molecule has 27 heavy (non-hydrogen) atoms. The zero-order valence-electron chi connectivity index (χ0n) is 16.0. The van der Waals surface area contributed by atoms with Crippen LogP contribution in [-0.4, -0.2) is 31.4 Å². The van der Waals surface area contributed by atoms with Crippen LogP contribution in [0.4, 0.5) is 11.4 Å². The Labute approximate surface area is 165 Å². The fourth-order valence-corrected chi connectivity index (χ4v) is 3.06. The summed E-state index contributed by atoms with van der Waals surface area (Å²) >= 11 is 5.94. The van der Waals surface area contributed by atoms with Gasteiger partial charge in [-0.25, -0.2) is 0 Å². The molecule has 2 N–H and O–H groups in total. The smallest absolute Gasteiger partial charge is 0.313 e. The van der Waals surface area contributed by atoms with E-state index in [-0.39, 0.29) is 0 Å². The second kappa shape index (κ2) is 9.97. The maximum absolute atomic E-state index is 12.1. The van der Waals surface area contributed by atoms with Crippen molar-refractivity contribution in [2.75, 3.05) is 29.9 Å². The number of nitrogens with zero attached hydrogens (tertiary/aromatic N) is 1. The van der Waals surface area contributed by atoms with E-state index in [9.17, 15) is 9.59 Å². The zero-order chi connectivity index (χ0) is 19.8. The summed E-state index contributed by atoms with van der Waals surface area (Å²) in [7, 11) is 0. The predicted octanol–water partition coefficient (Wildman–Crippen LogP) is 3.79. The van der Waals surface area contributed by atoms with E-state index in [0.29, 0.717) is 23.7 Å². The van der Waals surface area contributed by atoms with Gasteiger partial charge >= 0.3 is 11.8 Å². The molecule has 144 valence electrons. The van der Waals surface area contributed by atoms with Gasteiger partial charge in [0, 0.05) is 36.0 Å². The van der Waals surface area contributed by atoms with Gasteiger partial charge in [0.05, 0.1) is 0 Å². The molecule has 0 atom stereocenters. The minimum atomic E-state index is -0.667. The number of hydrogen-bond donors (Lipinski definition) is 2. The van der Waals surface area contributed by atoms with Crippen LogP contribution in [0.25, 0.3) is 0 Å². The van der Waals surface area contributed by atoms with Crippen LogP contribution in [0.2, 0.25) is 5.02 Å². The Morgan fingerprint density at radius 3 is 2.41 bits per heavy atom. The van der Waals surface area contributed by atoms with Gasteiger partial charge in [0.25, 0.3) is 0 Å². The maximum atomic E-state index is 12.1. The molecule has 0 saturated carbocycles. The number of anilines is 2. The van der Waals surface area contributed by atoms with Gasteiger partial charge in [-0.05, 0) is 68.7 Å². The van der Waals surface area contributed by atoms with Gasteiger partial charge < -0.3 is 15.5 Å². The lowest BCUT2D eigenvalue weighted by Crippen LogP contribution is -2.36. The van der Waals surface area contributed by atoms with Crippen LogP contribution in [0.1, 0.15) is 25.0 Å². The minimum Gasteiger partial charge on any atom is -0.372 e. The molecule has 0 aliphatic rings. The summed E-state index contributed by atoms with van der Waals surface area (Å²) < 4.78 is 0. The topological polar surface area (TPSA) is 61.4 Å². The van der Waals surface area contributed by atoms with Crippen LogP contribution in [0.5, 0.6) is 0 Å². The Morgan fingerprint density at radius 1 is 1.04 bits per heavy atom. The highest BCUT2D eigenvalue weighted by molar-refractivity contribution is 6.39. The largest absolute Gasteiger partial charge is 0.372 e. The molecule has 0 heterocycles. The van der Waals surface area contributed by atoms with E-state index in [2.05, 4.69) is 29.4 Å². The molecule has 0 aliphatic carbocycles. The molecule has 0 unspecified atom stereocenters. The Bertz CT molecular complexity index is 804. The van der Waals surface area contributed by atoms with Crippen LogP contribution >= 0.6 is 11.6 Å². The molecule has 0 radical (unpaired) electrons. The van der Waals surface area contributed by atoms with Crippen molar-refractivity contribution in [3.63, 3.8) is 0 Å². The van der Waals surface area contributed by atoms with Crippen molar-refractivity contribution in [1.82, 2.24) is 5.32 Å².